The molecule has 1 aliphatic rings. The van der Waals surface area contributed by atoms with Gasteiger partial charge in [0.25, 0.3) is 0 Å². The maximum absolute atomic E-state index is 5.65. The Hall–Kier alpha value is -0.980. The minimum Gasteiger partial charge on any atom is -0.376 e. The van der Waals surface area contributed by atoms with Gasteiger partial charge in [-0.1, -0.05) is 18.5 Å². The van der Waals surface area contributed by atoms with Gasteiger partial charge in [-0.05, 0) is 12.5 Å². The second-order valence-electron chi connectivity index (χ2n) is 4.19. The minimum absolute atomic E-state index is 0.195. The molecule has 1 aromatic rings. The number of nitrogens with zero attached hydrogens (tertiary/aromatic N) is 2. The van der Waals surface area contributed by atoms with Gasteiger partial charge in [0.05, 0.1) is 19.8 Å². The van der Waals surface area contributed by atoms with Crippen molar-refractivity contribution in [2.24, 2.45) is 11.7 Å². The van der Waals surface area contributed by atoms with E-state index >= 15 is 0 Å². The maximum atomic E-state index is 5.65. The summed E-state index contributed by atoms with van der Waals surface area (Å²) in [6, 6.07) is 0. The Kier molecular flexibility index (Phi) is 4.47. The molecule has 96 valence electrons. The van der Waals surface area contributed by atoms with Gasteiger partial charge in [-0.2, -0.15) is 4.98 Å². The van der Waals surface area contributed by atoms with Gasteiger partial charge < -0.3 is 19.7 Å². The van der Waals surface area contributed by atoms with Crippen LogP contribution in [-0.2, 0) is 15.9 Å². The molecule has 1 aromatic heterocycles. The van der Waals surface area contributed by atoms with Crippen LogP contribution in [0.3, 0.4) is 0 Å². The van der Waals surface area contributed by atoms with Crippen LogP contribution in [-0.4, -0.2) is 36.5 Å². The standard InChI is InChI=1S/C11H19N3O3/c1-2-8(6-12)5-10-13-11(14-17-10)9-7-15-3-4-16-9/h8-9H,2-7,12H2,1H3. The second kappa shape index (κ2) is 6.09. The summed E-state index contributed by atoms with van der Waals surface area (Å²) in [5.74, 6) is 1.60. The predicted molar refractivity (Wildman–Crippen MR) is 60.3 cm³/mol. The van der Waals surface area contributed by atoms with Crippen LogP contribution < -0.4 is 5.73 Å². The number of hydrogen-bond acceptors (Lipinski definition) is 6. The van der Waals surface area contributed by atoms with E-state index in [0.717, 1.165) is 12.8 Å². The Labute approximate surface area is 100 Å². The Morgan fingerprint density at radius 1 is 1.47 bits per heavy atom. The van der Waals surface area contributed by atoms with Crippen LogP contribution in [0.5, 0.6) is 0 Å². The number of rotatable bonds is 5. The van der Waals surface area contributed by atoms with Gasteiger partial charge in [0.1, 0.15) is 6.10 Å². The van der Waals surface area contributed by atoms with Gasteiger partial charge >= 0.3 is 0 Å². The first-order chi connectivity index (χ1) is 8.33. The molecule has 1 aliphatic heterocycles. The molecular formula is C11H19N3O3. The molecule has 0 saturated carbocycles. The van der Waals surface area contributed by atoms with Crippen molar-refractivity contribution in [3.8, 4) is 0 Å². The van der Waals surface area contributed by atoms with Gasteiger partial charge in [0.15, 0.2) is 0 Å². The molecule has 2 unspecified atom stereocenters. The third kappa shape index (κ3) is 3.24. The van der Waals surface area contributed by atoms with E-state index in [4.69, 9.17) is 19.7 Å². The smallest absolute Gasteiger partial charge is 0.227 e. The summed E-state index contributed by atoms with van der Waals surface area (Å²) in [7, 11) is 0. The number of nitrogens with two attached hydrogens (primary N) is 1. The SMILES string of the molecule is CCC(CN)Cc1nc(C2COCCO2)no1. The molecule has 1 fully saturated rings. The molecule has 2 N–H and O–H groups in total. The van der Waals surface area contributed by atoms with Gasteiger partial charge in [0.2, 0.25) is 11.7 Å². The van der Waals surface area contributed by atoms with Gasteiger partial charge in [-0.25, -0.2) is 0 Å². The highest BCUT2D eigenvalue weighted by Gasteiger charge is 2.22. The monoisotopic (exact) mass is 241 g/mol. The molecule has 6 nitrogen and oxygen atoms in total. The highest BCUT2D eigenvalue weighted by atomic mass is 16.6. The highest BCUT2D eigenvalue weighted by Crippen LogP contribution is 2.18. The fourth-order valence-electron chi connectivity index (χ4n) is 1.76. The lowest BCUT2D eigenvalue weighted by Crippen LogP contribution is -2.22. The summed E-state index contributed by atoms with van der Waals surface area (Å²) < 4.78 is 16.0. The first kappa shape index (κ1) is 12.5. The third-order valence-electron chi connectivity index (χ3n) is 2.96. The van der Waals surface area contributed by atoms with Crippen molar-refractivity contribution in [2.75, 3.05) is 26.4 Å². The van der Waals surface area contributed by atoms with Gasteiger partial charge in [-0.15, -0.1) is 0 Å². The Morgan fingerprint density at radius 3 is 3.00 bits per heavy atom. The van der Waals surface area contributed by atoms with E-state index in [1.165, 1.54) is 0 Å². The lowest BCUT2D eigenvalue weighted by atomic mass is 10.0. The summed E-state index contributed by atoms with van der Waals surface area (Å²) in [6.07, 6.45) is 1.55. The van der Waals surface area contributed by atoms with Crippen LogP contribution in [0.15, 0.2) is 4.52 Å². The van der Waals surface area contributed by atoms with Crippen molar-refractivity contribution < 1.29 is 14.0 Å². The molecule has 0 spiro atoms. The van der Waals surface area contributed by atoms with Crippen LogP contribution in [0.2, 0.25) is 0 Å². The first-order valence-corrected chi connectivity index (χ1v) is 6.05. The third-order valence-corrected chi connectivity index (χ3v) is 2.96. The van der Waals surface area contributed by atoms with Crippen molar-refractivity contribution >= 4 is 0 Å². The topological polar surface area (TPSA) is 83.4 Å². The number of ether oxygens (including phenoxy) is 2. The summed E-state index contributed by atoms with van der Waals surface area (Å²) >= 11 is 0. The molecule has 0 aromatic carbocycles. The summed E-state index contributed by atoms with van der Waals surface area (Å²) in [5.41, 5.74) is 5.65. The fourth-order valence-corrected chi connectivity index (χ4v) is 1.76. The molecule has 17 heavy (non-hydrogen) atoms. The summed E-state index contributed by atoms with van der Waals surface area (Å²) in [4.78, 5) is 4.33. The maximum Gasteiger partial charge on any atom is 0.227 e. The second-order valence-corrected chi connectivity index (χ2v) is 4.19. The Bertz CT molecular complexity index is 332. The van der Waals surface area contributed by atoms with Crippen LogP contribution in [0.1, 0.15) is 31.2 Å². The molecule has 0 amide bonds. The first-order valence-electron chi connectivity index (χ1n) is 6.05. The largest absolute Gasteiger partial charge is 0.376 e. The van der Waals surface area contributed by atoms with E-state index < -0.39 is 0 Å². The van der Waals surface area contributed by atoms with Crippen LogP contribution in [0.25, 0.3) is 0 Å². The lowest BCUT2D eigenvalue weighted by molar-refractivity contribution is -0.0941. The summed E-state index contributed by atoms with van der Waals surface area (Å²) in [5, 5.41) is 3.93. The van der Waals surface area contributed by atoms with Gasteiger partial charge in [0, 0.05) is 6.42 Å². The fraction of sp³-hybridized carbons (Fsp3) is 0.818. The Morgan fingerprint density at radius 2 is 2.35 bits per heavy atom. The van der Waals surface area contributed by atoms with Crippen molar-refractivity contribution in [3.63, 3.8) is 0 Å². The molecular weight excluding hydrogens is 222 g/mol. The average molecular weight is 241 g/mol. The zero-order chi connectivity index (χ0) is 12.1. The van der Waals surface area contributed by atoms with E-state index in [-0.39, 0.29) is 6.10 Å². The normalized spacial score (nSPS) is 22.6. The molecule has 2 heterocycles. The minimum atomic E-state index is -0.195. The molecule has 0 aliphatic carbocycles. The molecule has 0 radical (unpaired) electrons. The predicted octanol–water partition coefficient (Wildman–Crippen LogP) is 0.685. The van der Waals surface area contributed by atoms with E-state index in [9.17, 15) is 0 Å². The highest BCUT2D eigenvalue weighted by molar-refractivity contribution is 4.93. The number of hydrogen-bond donors (Lipinski definition) is 1. The molecule has 6 heteroatoms. The molecule has 2 atom stereocenters. The van der Waals surface area contributed by atoms with E-state index in [1.807, 2.05) is 0 Å². The van der Waals surface area contributed by atoms with Crippen LogP contribution in [0.4, 0.5) is 0 Å². The van der Waals surface area contributed by atoms with Crippen molar-refractivity contribution in [1.29, 1.82) is 0 Å². The van der Waals surface area contributed by atoms with Gasteiger partial charge in [-0.3, -0.25) is 0 Å². The number of aromatic nitrogens is 2. The quantitative estimate of drug-likeness (QED) is 0.816. The van der Waals surface area contributed by atoms with E-state index in [1.54, 1.807) is 0 Å². The Balaban J connectivity index is 1.94. The molecule has 0 bridgehead atoms. The molecule has 1 saturated heterocycles. The van der Waals surface area contributed by atoms with Crippen LogP contribution in [0, 0.1) is 5.92 Å². The lowest BCUT2D eigenvalue weighted by Gasteiger charge is -2.19. The average Bonchev–Trinajstić information content (AvgIpc) is 2.85. The molecule has 2 rings (SSSR count). The van der Waals surface area contributed by atoms with Crippen molar-refractivity contribution in [1.82, 2.24) is 10.1 Å². The summed E-state index contributed by atoms with van der Waals surface area (Å²) in [6.45, 7) is 4.44. The van der Waals surface area contributed by atoms with Crippen LogP contribution >= 0.6 is 0 Å². The van der Waals surface area contributed by atoms with Crippen molar-refractivity contribution in [3.05, 3.63) is 11.7 Å². The zero-order valence-electron chi connectivity index (χ0n) is 10.1. The zero-order valence-corrected chi connectivity index (χ0v) is 10.1. The van der Waals surface area contributed by atoms with E-state index in [0.29, 0.717) is 44.0 Å². The van der Waals surface area contributed by atoms with Crippen molar-refractivity contribution in [2.45, 2.75) is 25.9 Å². The van der Waals surface area contributed by atoms with E-state index in [2.05, 4.69) is 17.1 Å².